The molecule has 0 radical (unpaired) electrons. The fraction of sp³-hybridized carbons (Fsp3) is 0.200. The largest absolute Gasteiger partial charge is 0.368 e. The van der Waals surface area contributed by atoms with Crippen LogP contribution in [0, 0.1) is 0 Å². The lowest BCUT2D eigenvalue weighted by Gasteiger charge is -2.36. The van der Waals surface area contributed by atoms with Crippen molar-refractivity contribution in [1.29, 1.82) is 0 Å². The van der Waals surface area contributed by atoms with Crippen LogP contribution in [0.1, 0.15) is 10.4 Å². The number of carbonyl (C=O) groups is 1. The minimum absolute atomic E-state index is 0.00380. The second-order valence-corrected chi connectivity index (χ2v) is 6.75. The first-order valence-corrected chi connectivity index (χ1v) is 9.10. The van der Waals surface area contributed by atoms with Gasteiger partial charge in [0.1, 0.15) is 6.33 Å². The second kappa shape index (κ2) is 7.72. The average Bonchev–Trinajstić information content (AvgIpc) is 2.74. The molecular weight excluding hydrogens is 362 g/mol. The Balaban J connectivity index is 1.41. The van der Waals surface area contributed by atoms with Gasteiger partial charge < -0.3 is 9.80 Å². The van der Waals surface area contributed by atoms with E-state index in [4.69, 9.17) is 11.6 Å². The molecule has 27 heavy (non-hydrogen) atoms. The Bertz CT molecular complexity index is 925. The van der Waals surface area contributed by atoms with Crippen LogP contribution < -0.4 is 4.90 Å². The summed E-state index contributed by atoms with van der Waals surface area (Å²) >= 11 is 6.07. The van der Waals surface area contributed by atoms with E-state index >= 15 is 0 Å². The summed E-state index contributed by atoms with van der Waals surface area (Å²) in [5.41, 5.74) is 3.25. The molecule has 3 heterocycles. The molecule has 0 N–H and O–H groups in total. The predicted molar refractivity (Wildman–Crippen MR) is 105 cm³/mol. The van der Waals surface area contributed by atoms with E-state index in [-0.39, 0.29) is 5.91 Å². The van der Waals surface area contributed by atoms with Crippen molar-refractivity contribution in [3.05, 3.63) is 71.9 Å². The van der Waals surface area contributed by atoms with Crippen molar-refractivity contribution in [2.75, 3.05) is 31.1 Å². The maximum atomic E-state index is 12.8. The summed E-state index contributed by atoms with van der Waals surface area (Å²) in [6.07, 6.45) is 6.50. The number of halogens is 1. The lowest BCUT2D eigenvalue weighted by atomic mass is 10.1. The molecule has 0 spiro atoms. The molecule has 0 aliphatic carbocycles. The number of anilines is 1. The SMILES string of the molecule is O=C(c1ccc(-c2cncnc2)nc1)N1CCN(c2cccc(Cl)c2)CC1. The van der Waals surface area contributed by atoms with Gasteiger partial charge in [0.15, 0.2) is 0 Å². The Morgan fingerprint density at radius 2 is 1.74 bits per heavy atom. The molecular formula is C20H18ClN5O. The van der Waals surface area contributed by atoms with E-state index in [1.165, 1.54) is 6.33 Å². The normalized spacial score (nSPS) is 14.3. The number of aromatic nitrogens is 3. The van der Waals surface area contributed by atoms with Crippen molar-refractivity contribution in [1.82, 2.24) is 19.9 Å². The van der Waals surface area contributed by atoms with E-state index in [2.05, 4.69) is 19.9 Å². The summed E-state index contributed by atoms with van der Waals surface area (Å²) in [6, 6.07) is 11.4. The Kier molecular flexibility index (Phi) is 4.98. The molecule has 136 valence electrons. The third-order valence-electron chi connectivity index (χ3n) is 4.61. The molecule has 3 aromatic rings. The van der Waals surface area contributed by atoms with Crippen LogP contribution in [-0.2, 0) is 0 Å². The van der Waals surface area contributed by atoms with Gasteiger partial charge in [-0.25, -0.2) is 9.97 Å². The minimum Gasteiger partial charge on any atom is -0.368 e. The number of carbonyl (C=O) groups excluding carboxylic acids is 1. The molecule has 4 rings (SSSR count). The molecule has 0 unspecified atom stereocenters. The van der Waals surface area contributed by atoms with Crippen LogP contribution in [-0.4, -0.2) is 51.9 Å². The molecule has 1 saturated heterocycles. The first-order valence-electron chi connectivity index (χ1n) is 8.72. The molecule has 0 atom stereocenters. The van der Waals surface area contributed by atoms with Gasteiger partial charge in [0, 0.05) is 61.0 Å². The third kappa shape index (κ3) is 3.90. The summed E-state index contributed by atoms with van der Waals surface area (Å²) in [5.74, 6) is 0.00380. The Hall–Kier alpha value is -2.99. The zero-order valence-corrected chi connectivity index (χ0v) is 15.4. The molecule has 1 amide bonds. The van der Waals surface area contributed by atoms with Crippen LogP contribution in [0.15, 0.2) is 61.3 Å². The van der Waals surface area contributed by atoms with Crippen LogP contribution in [0.2, 0.25) is 5.02 Å². The number of hydrogen-bond acceptors (Lipinski definition) is 5. The van der Waals surface area contributed by atoms with Crippen molar-refractivity contribution < 1.29 is 4.79 Å². The highest BCUT2D eigenvalue weighted by Gasteiger charge is 2.22. The zero-order chi connectivity index (χ0) is 18.6. The first-order chi connectivity index (χ1) is 13.2. The number of amides is 1. The maximum absolute atomic E-state index is 12.8. The molecule has 6 nitrogen and oxygen atoms in total. The Morgan fingerprint density at radius 1 is 0.963 bits per heavy atom. The van der Waals surface area contributed by atoms with E-state index in [1.807, 2.05) is 35.2 Å². The highest BCUT2D eigenvalue weighted by Crippen LogP contribution is 2.21. The summed E-state index contributed by atoms with van der Waals surface area (Å²) in [7, 11) is 0. The summed E-state index contributed by atoms with van der Waals surface area (Å²) in [6.45, 7) is 2.89. The molecule has 2 aromatic heterocycles. The monoisotopic (exact) mass is 379 g/mol. The van der Waals surface area contributed by atoms with Gasteiger partial charge in [-0.05, 0) is 30.3 Å². The molecule has 1 aliphatic heterocycles. The van der Waals surface area contributed by atoms with Crippen LogP contribution in [0.3, 0.4) is 0 Å². The van der Waals surface area contributed by atoms with E-state index in [0.29, 0.717) is 18.7 Å². The zero-order valence-electron chi connectivity index (χ0n) is 14.6. The highest BCUT2D eigenvalue weighted by molar-refractivity contribution is 6.30. The summed E-state index contributed by atoms with van der Waals surface area (Å²) in [5, 5.41) is 0.723. The topological polar surface area (TPSA) is 62.2 Å². The van der Waals surface area contributed by atoms with Gasteiger partial charge in [0.25, 0.3) is 5.91 Å². The van der Waals surface area contributed by atoms with Crippen molar-refractivity contribution in [3.63, 3.8) is 0 Å². The number of benzene rings is 1. The summed E-state index contributed by atoms with van der Waals surface area (Å²) in [4.78, 5) is 29.2. The molecule has 0 saturated carbocycles. The van der Waals surface area contributed by atoms with Gasteiger partial charge in [-0.3, -0.25) is 9.78 Å². The Labute approximate surface area is 162 Å². The fourth-order valence-corrected chi connectivity index (χ4v) is 3.33. The lowest BCUT2D eigenvalue weighted by Crippen LogP contribution is -2.48. The van der Waals surface area contributed by atoms with E-state index < -0.39 is 0 Å². The van der Waals surface area contributed by atoms with Crippen LogP contribution in [0.5, 0.6) is 0 Å². The quantitative estimate of drug-likeness (QED) is 0.699. The maximum Gasteiger partial charge on any atom is 0.255 e. The molecule has 1 fully saturated rings. The van der Waals surface area contributed by atoms with E-state index in [0.717, 1.165) is 35.1 Å². The Morgan fingerprint density at radius 3 is 2.41 bits per heavy atom. The van der Waals surface area contributed by atoms with Gasteiger partial charge in [-0.1, -0.05) is 17.7 Å². The highest BCUT2D eigenvalue weighted by atomic mass is 35.5. The number of piperazine rings is 1. The van der Waals surface area contributed by atoms with Gasteiger partial charge in [-0.15, -0.1) is 0 Å². The first kappa shape index (κ1) is 17.4. The van der Waals surface area contributed by atoms with E-state index in [1.54, 1.807) is 24.7 Å². The molecule has 0 bridgehead atoms. The standard InChI is InChI=1S/C20H18ClN5O/c21-17-2-1-3-18(10-17)25-6-8-26(9-7-25)20(27)15-4-5-19(24-13-15)16-11-22-14-23-12-16/h1-5,10-14H,6-9H2. The lowest BCUT2D eigenvalue weighted by molar-refractivity contribution is 0.0746. The van der Waals surface area contributed by atoms with Crippen LogP contribution in [0.25, 0.3) is 11.3 Å². The predicted octanol–water partition coefficient (Wildman–Crippen LogP) is 3.15. The van der Waals surface area contributed by atoms with Crippen LogP contribution in [0.4, 0.5) is 5.69 Å². The van der Waals surface area contributed by atoms with Crippen molar-refractivity contribution in [2.24, 2.45) is 0 Å². The van der Waals surface area contributed by atoms with Gasteiger partial charge in [-0.2, -0.15) is 0 Å². The second-order valence-electron chi connectivity index (χ2n) is 6.32. The smallest absolute Gasteiger partial charge is 0.255 e. The van der Waals surface area contributed by atoms with Gasteiger partial charge in [0.2, 0.25) is 0 Å². The molecule has 1 aliphatic rings. The molecule has 1 aromatic carbocycles. The summed E-state index contributed by atoms with van der Waals surface area (Å²) < 4.78 is 0. The number of pyridine rings is 1. The van der Waals surface area contributed by atoms with Gasteiger partial charge in [0.05, 0.1) is 11.3 Å². The number of nitrogens with zero attached hydrogens (tertiary/aromatic N) is 5. The van der Waals surface area contributed by atoms with E-state index in [9.17, 15) is 4.79 Å². The third-order valence-corrected chi connectivity index (χ3v) is 4.84. The van der Waals surface area contributed by atoms with Crippen molar-refractivity contribution >= 4 is 23.2 Å². The van der Waals surface area contributed by atoms with Crippen molar-refractivity contribution in [3.8, 4) is 11.3 Å². The number of hydrogen-bond donors (Lipinski definition) is 0. The van der Waals surface area contributed by atoms with Gasteiger partial charge >= 0.3 is 0 Å². The molecule has 7 heteroatoms. The van der Waals surface area contributed by atoms with Crippen molar-refractivity contribution in [2.45, 2.75) is 0 Å². The van der Waals surface area contributed by atoms with Crippen LogP contribution >= 0.6 is 11.6 Å². The minimum atomic E-state index is 0.00380. The number of rotatable bonds is 3. The average molecular weight is 380 g/mol. The fourth-order valence-electron chi connectivity index (χ4n) is 3.15.